The van der Waals surface area contributed by atoms with Gasteiger partial charge in [-0.25, -0.2) is 0 Å². The molecule has 1 N–H and O–H groups in total. The molecule has 0 saturated carbocycles. The standard InChI is InChI=1S/C18H20N2O2/c1-2-8-20-13-18(22)17(21)10-16(20)12-19-9-7-14-5-3-4-6-15(14)11-19/h2-6,10,13,22H,1,7-9,11-12H2. The third-order valence-corrected chi connectivity index (χ3v) is 4.12. The Morgan fingerprint density at radius 2 is 2.05 bits per heavy atom. The first kappa shape index (κ1) is 14.6. The molecular formula is C18H20N2O2. The van der Waals surface area contributed by atoms with Crippen LogP contribution in [0.15, 0.2) is 54.0 Å². The molecule has 0 saturated heterocycles. The summed E-state index contributed by atoms with van der Waals surface area (Å²) in [5.41, 5.74) is 3.34. The molecule has 1 aliphatic rings. The van der Waals surface area contributed by atoms with Crippen molar-refractivity contribution in [3.8, 4) is 5.75 Å². The van der Waals surface area contributed by atoms with Crippen LogP contribution >= 0.6 is 0 Å². The van der Waals surface area contributed by atoms with Crippen molar-refractivity contribution in [2.24, 2.45) is 0 Å². The van der Waals surface area contributed by atoms with Crippen molar-refractivity contribution >= 4 is 0 Å². The van der Waals surface area contributed by atoms with Gasteiger partial charge in [-0.05, 0) is 17.5 Å². The fourth-order valence-corrected chi connectivity index (χ4v) is 2.97. The Kier molecular flexibility index (Phi) is 4.11. The number of rotatable bonds is 4. The molecule has 0 aliphatic carbocycles. The zero-order valence-electron chi connectivity index (χ0n) is 12.5. The van der Waals surface area contributed by atoms with Gasteiger partial charge in [0.15, 0.2) is 5.75 Å². The highest BCUT2D eigenvalue weighted by Gasteiger charge is 2.17. The third kappa shape index (κ3) is 2.97. The van der Waals surface area contributed by atoms with Crippen molar-refractivity contribution in [3.05, 3.63) is 76.2 Å². The van der Waals surface area contributed by atoms with Gasteiger partial charge in [0.2, 0.25) is 5.43 Å². The molecule has 2 heterocycles. The Labute approximate surface area is 129 Å². The van der Waals surface area contributed by atoms with Crippen molar-refractivity contribution in [2.75, 3.05) is 6.54 Å². The topological polar surface area (TPSA) is 45.5 Å². The molecule has 1 aliphatic heterocycles. The van der Waals surface area contributed by atoms with E-state index in [-0.39, 0.29) is 11.2 Å². The molecule has 0 bridgehead atoms. The number of benzene rings is 1. The fourth-order valence-electron chi connectivity index (χ4n) is 2.97. The van der Waals surface area contributed by atoms with E-state index in [9.17, 15) is 9.90 Å². The number of pyridine rings is 1. The molecule has 114 valence electrons. The number of hydrogen-bond donors (Lipinski definition) is 1. The molecule has 1 aromatic heterocycles. The van der Waals surface area contributed by atoms with Gasteiger partial charge >= 0.3 is 0 Å². The number of allylic oxidation sites excluding steroid dienone is 1. The summed E-state index contributed by atoms with van der Waals surface area (Å²) in [5, 5.41) is 9.61. The van der Waals surface area contributed by atoms with Gasteiger partial charge in [-0.3, -0.25) is 9.69 Å². The van der Waals surface area contributed by atoms with Crippen LogP contribution in [0, 0.1) is 0 Å². The highest BCUT2D eigenvalue weighted by atomic mass is 16.3. The van der Waals surface area contributed by atoms with Crippen molar-refractivity contribution in [1.82, 2.24) is 9.47 Å². The first-order valence-electron chi connectivity index (χ1n) is 7.49. The number of nitrogens with zero attached hydrogens (tertiary/aromatic N) is 2. The van der Waals surface area contributed by atoms with Crippen LogP contribution in [-0.4, -0.2) is 21.1 Å². The van der Waals surface area contributed by atoms with Gasteiger partial charge in [-0.15, -0.1) is 6.58 Å². The Hall–Kier alpha value is -2.33. The molecule has 0 spiro atoms. The van der Waals surface area contributed by atoms with Crippen LogP contribution in [-0.2, 0) is 26.1 Å². The minimum Gasteiger partial charge on any atom is -0.503 e. The maximum absolute atomic E-state index is 11.7. The number of aromatic nitrogens is 1. The van der Waals surface area contributed by atoms with Crippen molar-refractivity contribution in [3.63, 3.8) is 0 Å². The highest BCUT2D eigenvalue weighted by molar-refractivity contribution is 5.29. The molecule has 0 atom stereocenters. The fraction of sp³-hybridized carbons (Fsp3) is 0.278. The first-order valence-corrected chi connectivity index (χ1v) is 7.49. The second-order valence-corrected chi connectivity index (χ2v) is 5.68. The number of fused-ring (bicyclic) bond motifs is 1. The van der Waals surface area contributed by atoms with E-state index in [1.54, 1.807) is 6.08 Å². The lowest BCUT2D eigenvalue weighted by Gasteiger charge is -2.29. The van der Waals surface area contributed by atoms with Crippen LogP contribution in [0.2, 0.25) is 0 Å². The van der Waals surface area contributed by atoms with Gasteiger partial charge < -0.3 is 9.67 Å². The normalized spacial score (nSPS) is 14.5. The smallest absolute Gasteiger partial charge is 0.223 e. The van der Waals surface area contributed by atoms with Gasteiger partial charge in [-0.1, -0.05) is 30.3 Å². The molecule has 0 amide bonds. The van der Waals surface area contributed by atoms with Gasteiger partial charge in [0.05, 0.1) is 6.20 Å². The minimum atomic E-state index is -0.326. The zero-order valence-corrected chi connectivity index (χ0v) is 12.5. The van der Waals surface area contributed by atoms with E-state index in [2.05, 4.69) is 35.7 Å². The maximum Gasteiger partial charge on any atom is 0.223 e. The summed E-state index contributed by atoms with van der Waals surface area (Å²) in [7, 11) is 0. The average molecular weight is 296 g/mol. The predicted molar refractivity (Wildman–Crippen MR) is 86.8 cm³/mol. The summed E-state index contributed by atoms with van der Waals surface area (Å²) in [6.07, 6.45) is 4.29. The van der Waals surface area contributed by atoms with Crippen molar-refractivity contribution in [1.29, 1.82) is 0 Å². The van der Waals surface area contributed by atoms with E-state index in [0.29, 0.717) is 13.1 Å². The van der Waals surface area contributed by atoms with Crippen LogP contribution in [0.25, 0.3) is 0 Å². The van der Waals surface area contributed by atoms with E-state index in [1.807, 2.05) is 4.57 Å². The van der Waals surface area contributed by atoms with E-state index < -0.39 is 0 Å². The van der Waals surface area contributed by atoms with Gasteiger partial charge in [-0.2, -0.15) is 0 Å². The lowest BCUT2D eigenvalue weighted by Crippen LogP contribution is -2.31. The van der Waals surface area contributed by atoms with Crippen molar-refractivity contribution in [2.45, 2.75) is 26.1 Å². The second-order valence-electron chi connectivity index (χ2n) is 5.68. The zero-order chi connectivity index (χ0) is 15.5. The maximum atomic E-state index is 11.7. The van der Waals surface area contributed by atoms with Gasteiger partial charge in [0.1, 0.15) is 0 Å². The summed E-state index contributed by atoms with van der Waals surface area (Å²) < 4.78 is 1.88. The van der Waals surface area contributed by atoms with E-state index in [0.717, 1.165) is 25.2 Å². The number of hydrogen-bond acceptors (Lipinski definition) is 3. The second kappa shape index (κ2) is 6.20. The quantitative estimate of drug-likeness (QED) is 0.881. The Balaban J connectivity index is 1.83. The Morgan fingerprint density at radius 3 is 2.82 bits per heavy atom. The van der Waals surface area contributed by atoms with Crippen LogP contribution in [0.3, 0.4) is 0 Å². The molecule has 1 aromatic carbocycles. The molecule has 4 nitrogen and oxygen atoms in total. The molecule has 0 fully saturated rings. The van der Waals surface area contributed by atoms with Crippen LogP contribution in [0.4, 0.5) is 0 Å². The summed E-state index contributed by atoms with van der Waals surface area (Å²) in [5.74, 6) is -0.213. The molecule has 22 heavy (non-hydrogen) atoms. The summed E-state index contributed by atoms with van der Waals surface area (Å²) in [4.78, 5) is 14.1. The van der Waals surface area contributed by atoms with E-state index >= 15 is 0 Å². The summed E-state index contributed by atoms with van der Waals surface area (Å²) in [6.45, 7) is 6.86. The van der Waals surface area contributed by atoms with Crippen LogP contribution < -0.4 is 5.43 Å². The average Bonchev–Trinajstić information content (AvgIpc) is 2.52. The predicted octanol–water partition coefficient (Wildman–Crippen LogP) is 2.30. The highest BCUT2D eigenvalue weighted by Crippen LogP contribution is 2.20. The monoisotopic (exact) mass is 296 g/mol. The Morgan fingerprint density at radius 1 is 1.27 bits per heavy atom. The van der Waals surface area contributed by atoms with Crippen LogP contribution in [0.5, 0.6) is 5.75 Å². The lowest BCUT2D eigenvalue weighted by atomic mass is 10.00. The summed E-state index contributed by atoms with van der Waals surface area (Å²) >= 11 is 0. The third-order valence-electron chi connectivity index (χ3n) is 4.12. The molecule has 0 unspecified atom stereocenters. The molecule has 3 rings (SSSR count). The summed E-state index contributed by atoms with van der Waals surface area (Å²) in [6, 6.07) is 10.0. The molecule has 0 radical (unpaired) electrons. The Bertz CT molecular complexity index is 749. The SMILES string of the molecule is C=CCn1cc(O)c(=O)cc1CN1CCc2ccccc2C1. The van der Waals surface area contributed by atoms with Crippen LogP contribution in [0.1, 0.15) is 16.8 Å². The largest absolute Gasteiger partial charge is 0.503 e. The molecule has 2 aromatic rings. The van der Waals surface area contributed by atoms with E-state index in [4.69, 9.17) is 0 Å². The lowest BCUT2D eigenvalue weighted by molar-refractivity contribution is 0.239. The minimum absolute atomic E-state index is 0.213. The first-order chi connectivity index (χ1) is 10.7. The van der Waals surface area contributed by atoms with E-state index in [1.165, 1.54) is 23.4 Å². The number of aromatic hydroxyl groups is 1. The van der Waals surface area contributed by atoms with Gasteiger partial charge in [0, 0.05) is 37.9 Å². The van der Waals surface area contributed by atoms with Crippen molar-refractivity contribution < 1.29 is 5.11 Å². The molecular weight excluding hydrogens is 276 g/mol. The van der Waals surface area contributed by atoms with Gasteiger partial charge in [0.25, 0.3) is 0 Å². The molecule has 4 heteroatoms.